The number of aryl methyl sites for hydroxylation is 3. The molecule has 4 heterocycles. The van der Waals surface area contributed by atoms with E-state index in [9.17, 15) is 4.79 Å². The Labute approximate surface area is 174 Å². The first-order valence-corrected chi connectivity index (χ1v) is 10.1. The molecule has 4 rings (SSSR count). The molecule has 1 N–H and O–H groups in total. The Kier molecular flexibility index (Phi) is 5.11. The Morgan fingerprint density at radius 2 is 2.00 bits per heavy atom. The minimum atomic E-state index is -0.247. The summed E-state index contributed by atoms with van der Waals surface area (Å²) in [7, 11) is 0. The molecule has 9 nitrogen and oxygen atoms in total. The Hall–Kier alpha value is -3.49. The molecule has 0 radical (unpaired) electrons. The molecule has 30 heavy (non-hydrogen) atoms. The number of amides is 1. The third-order valence-electron chi connectivity index (χ3n) is 5.39. The molecule has 0 aliphatic carbocycles. The van der Waals surface area contributed by atoms with Gasteiger partial charge >= 0.3 is 0 Å². The van der Waals surface area contributed by atoms with E-state index in [0.717, 1.165) is 41.3 Å². The predicted octanol–water partition coefficient (Wildman–Crippen LogP) is 2.94. The van der Waals surface area contributed by atoms with Crippen LogP contribution in [-0.2, 0) is 13.1 Å². The highest BCUT2D eigenvalue weighted by molar-refractivity contribution is 5.93. The lowest BCUT2D eigenvalue weighted by molar-refractivity contribution is 0.0934. The molecule has 0 saturated carbocycles. The molecule has 0 aromatic carbocycles. The van der Waals surface area contributed by atoms with Crippen molar-refractivity contribution in [2.24, 2.45) is 0 Å². The van der Waals surface area contributed by atoms with Crippen LogP contribution in [0.2, 0.25) is 0 Å². The van der Waals surface area contributed by atoms with E-state index in [1.165, 1.54) is 0 Å². The number of nitrogens with one attached hydrogen (secondary N) is 1. The van der Waals surface area contributed by atoms with Gasteiger partial charge in [0.25, 0.3) is 5.91 Å². The highest BCUT2D eigenvalue weighted by atomic mass is 16.2. The predicted molar refractivity (Wildman–Crippen MR) is 113 cm³/mol. The maximum absolute atomic E-state index is 12.9. The Morgan fingerprint density at radius 1 is 1.20 bits per heavy atom. The molecule has 0 aliphatic rings. The van der Waals surface area contributed by atoms with Gasteiger partial charge in [-0.2, -0.15) is 15.3 Å². The fourth-order valence-electron chi connectivity index (χ4n) is 3.70. The number of hydrogen-bond acceptors (Lipinski definition) is 5. The normalized spacial score (nSPS) is 12.4. The third kappa shape index (κ3) is 3.36. The Bertz CT molecular complexity index is 1220. The van der Waals surface area contributed by atoms with E-state index >= 15 is 0 Å². The van der Waals surface area contributed by atoms with Gasteiger partial charge in [-0.05, 0) is 40.7 Å². The van der Waals surface area contributed by atoms with Gasteiger partial charge in [0, 0.05) is 48.4 Å². The molecular formula is C21H26N8O. The molecule has 1 amide bonds. The van der Waals surface area contributed by atoms with Crippen LogP contribution < -0.4 is 5.32 Å². The van der Waals surface area contributed by atoms with E-state index in [1.54, 1.807) is 16.8 Å². The summed E-state index contributed by atoms with van der Waals surface area (Å²) in [5.41, 5.74) is 5.71. The van der Waals surface area contributed by atoms with Crippen molar-refractivity contribution in [2.75, 3.05) is 0 Å². The van der Waals surface area contributed by atoms with E-state index in [4.69, 9.17) is 0 Å². The summed E-state index contributed by atoms with van der Waals surface area (Å²) >= 11 is 0. The van der Waals surface area contributed by atoms with Crippen LogP contribution in [0.4, 0.5) is 0 Å². The van der Waals surface area contributed by atoms with Gasteiger partial charge in [0.05, 0.1) is 23.6 Å². The topological polar surface area (TPSA) is 94.9 Å². The molecule has 0 bridgehead atoms. The summed E-state index contributed by atoms with van der Waals surface area (Å²) in [6.07, 6.45) is 5.52. The van der Waals surface area contributed by atoms with Crippen molar-refractivity contribution in [3.63, 3.8) is 0 Å². The zero-order valence-corrected chi connectivity index (χ0v) is 17.9. The lowest BCUT2D eigenvalue weighted by Crippen LogP contribution is -2.27. The lowest BCUT2D eigenvalue weighted by atomic mass is 10.1. The van der Waals surface area contributed by atoms with Crippen LogP contribution in [0.25, 0.3) is 16.9 Å². The minimum Gasteiger partial charge on any atom is -0.344 e. The Morgan fingerprint density at radius 3 is 2.67 bits per heavy atom. The van der Waals surface area contributed by atoms with Gasteiger partial charge in [0.1, 0.15) is 0 Å². The summed E-state index contributed by atoms with van der Waals surface area (Å²) in [5, 5.41) is 16.4. The molecule has 4 aromatic heterocycles. The zero-order chi connectivity index (χ0) is 21.4. The number of aromatic nitrogens is 7. The maximum atomic E-state index is 12.9. The largest absolute Gasteiger partial charge is 0.344 e. The quantitative estimate of drug-likeness (QED) is 0.531. The van der Waals surface area contributed by atoms with Crippen LogP contribution in [0.15, 0.2) is 30.7 Å². The van der Waals surface area contributed by atoms with Gasteiger partial charge in [-0.15, -0.1) is 0 Å². The fourth-order valence-corrected chi connectivity index (χ4v) is 3.70. The molecule has 4 aromatic rings. The number of nitrogens with zero attached hydrogens (tertiary/aromatic N) is 7. The smallest absolute Gasteiger partial charge is 0.272 e. The highest BCUT2D eigenvalue weighted by Crippen LogP contribution is 2.24. The van der Waals surface area contributed by atoms with Crippen LogP contribution in [0.3, 0.4) is 0 Å². The Balaban J connectivity index is 1.64. The summed E-state index contributed by atoms with van der Waals surface area (Å²) in [6, 6.07) is 3.41. The van der Waals surface area contributed by atoms with Gasteiger partial charge in [-0.1, -0.05) is 0 Å². The molecule has 0 aliphatic heterocycles. The maximum Gasteiger partial charge on any atom is 0.272 e. The summed E-state index contributed by atoms with van der Waals surface area (Å²) in [6.45, 7) is 11.6. The first-order valence-electron chi connectivity index (χ1n) is 10.1. The molecule has 0 spiro atoms. The highest BCUT2D eigenvalue weighted by Gasteiger charge is 2.20. The number of carbonyl (C=O) groups is 1. The lowest BCUT2D eigenvalue weighted by Gasteiger charge is -2.12. The van der Waals surface area contributed by atoms with Gasteiger partial charge in [-0.3, -0.25) is 14.2 Å². The van der Waals surface area contributed by atoms with Crippen molar-refractivity contribution in [1.82, 2.24) is 39.5 Å². The monoisotopic (exact) mass is 406 g/mol. The molecule has 1 unspecified atom stereocenters. The second-order valence-electron chi connectivity index (χ2n) is 7.31. The van der Waals surface area contributed by atoms with Crippen LogP contribution in [0.1, 0.15) is 54.3 Å². The average molecular weight is 406 g/mol. The van der Waals surface area contributed by atoms with Crippen molar-refractivity contribution in [3.05, 3.63) is 53.4 Å². The van der Waals surface area contributed by atoms with E-state index in [-0.39, 0.29) is 11.9 Å². The van der Waals surface area contributed by atoms with Crippen molar-refractivity contribution < 1.29 is 4.79 Å². The molecule has 0 saturated heterocycles. The van der Waals surface area contributed by atoms with Crippen LogP contribution in [-0.4, -0.2) is 40.1 Å². The van der Waals surface area contributed by atoms with E-state index in [1.807, 2.05) is 55.5 Å². The van der Waals surface area contributed by atoms with Crippen molar-refractivity contribution in [1.29, 1.82) is 0 Å². The fraction of sp³-hybridized carbons (Fsp3) is 0.381. The van der Waals surface area contributed by atoms with Crippen molar-refractivity contribution in [3.8, 4) is 11.3 Å². The van der Waals surface area contributed by atoms with E-state index in [2.05, 4.69) is 32.5 Å². The van der Waals surface area contributed by atoms with Gasteiger partial charge < -0.3 is 5.32 Å². The number of carbonyl (C=O) groups excluding carboxylic acids is 1. The van der Waals surface area contributed by atoms with Gasteiger partial charge in [0.15, 0.2) is 11.3 Å². The molecule has 9 heteroatoms. The number of rotatable bonds is 6. The standard InChI is InChI=1S/C21H26N8O/c1-6-27-12-17(14(4)25-27)13(3)24-21(30)18-10-20-22-9-8-19(29(20)26-18)16-11-23-28(7-2)15(16)5/h8-13H,6-7H2,1-5H3,(H,24,30). The minimum absolute atomic E-state index is 0.180. The molecule has 0 fully saturated rings. The SMILES string of the molecule is CCn1cc(C(C)NC(=O)c2cc3nccc(-c4cnn(CC)c4C)n3n2)c(C)n1. The summed E-state index contributed by atoms with van der Waals surface area (Å²) in [4.78, 5) is 17.3. The van der Waals surface area contributed by atoms with Crippen LogP contribution >= 0.6 is 0 Å². The van der Waals surface area contributed by atoms with Crippen molar-refractivity contribution >= 4 is 11.6 Å². The first kappa shape index (κ1) is 19.8. The van der Waals surface area contributed by atoms with Gasteiger partial charge in [-0.25, -0.2) is 9.50 Å². The molecular weight excluding hydrogens is 380 g/mol. The average Bonchev–Trinajstić information content (AvgIpc) is 3.43. The summed E-state index contributed by atoms with van der Waals surface area (Å²) in [5.74, 6) is -0.247. The van der Waals surface area contributed by atoms with E-state index in [0.29, 0.717) is 11.3 Å². The third-order valence-corrected chi connectivity index (χ3v) is 5.39. The number of fused-ring (bicyclic) bond motifs is 1. The van der Waals surface area contributed by atoms with E-state index < -0.39 is 0 Å². The molecule has 1 atom stereocenters. The van der Waals surface area contributed by atoms with Crippen LogP contribution in [0.5, 0.6) is 0 Å². The van der Waals surface area contributed by atoms with Gasteiger partial charge in [0.2, 0.25) is 0 Å². The molecule has 156 valence electrons. The second-order valence-corrected chi connectivity index (χ2v) is 7.31. The second kappa shape index (κ2) is 7.74. The zero-order valence-electron chi connectivity index (χ0n) is 17.9. The summed E-state index contributed by atoms with van der Waals surface area (Å²) < 4.78 is 5.50. The number of hydrogen-bond donors (Lipinski definition) is 1. The van der Waals surface area contributed by atoms with Crippen LogP contribution in [0, 0.1) is 13.8 Å². The first-order chi connectivity index (χ1) is 14.4. The van der Waals surface area contributed by atoms with Crippen molar-refractivity contribution in [2.45, 2.75) is 53.8 Å².